The van der Waals surface area contributed by atoms with Gasteiger partial charge in [0.05, 0.1) is 18.0 Å². The number of halogens is 2. The van der Waals surface area contributed by atoms with Gasteiger partial charge >= 0.3 is 6.09 Å². The zero-order valence-corrected chi connectivity index (χ0v) is 16.7. The summed E-state index contributed by atoms with van der Waals surface area (Å²) in [6.07, 6.45) is 2.53. The zero-order chi connectivity index (χ0) is 17.0. The molecule has 0 radical (unpaired) electrons. The molecular formula is C16H23Br2N3O2. The van der Waals surface area contributed by atoms with Gasteiger partial charge in [0.25, 0.3) is 0 Å². The molecular weight excluding hydrogens is 426 g/mol. The van der Waals surface area contributed by atoms with Crippen LogP contribution in [0.5, 0.6) is 0 Å². The van der Waals surface area contributed by atoms with E-state index in [-0.39, 0.29) is 6.09 Å². The molecule has 0 aromatic carbocycles. The van der Waals surface area contributed by atoms with Gasteiger partial charge in [0.15, 0.2) is 0 Å². The Morgan fingerprint density at radius 2 is 2.09 bits per heavy atom. The summed E-state index contributed by atoms with van der Waals surface area (Å²) in [4.78, 5) is 18.3. The van der Waals surface area contributed by atoms with Crippen molar-refractivity contribution >= 4 is 43.6 Å². The molecule has 1 aliphatic heterocycles. The van der Waals surface area contributed by atoms with Gasteiger partial charge in [0, 0.05) is 17.6 Å². The Balaban J connectivity index is 1.87. The molecule has 0 unspecified atom stereocenters. The summed E-state index contributed by atoms with van der Waals surface area (Å²) in [5.74, 6) is 0.848. The molecule has 1 amide bonds. The first-order valence-electron chi connectivity index (χ1n) is 7.89. The van der Waals surface area contributed by atoms with Crippen molar-refractivity contribution in [3.63, 3.8) is 0 Å². The number of rotatable bonds is 4. The summed E-state index contributed by atoms with van der Waals surface area (Å²) >= 11 is 6.86. The van der Waals surface area contributed by atoms with Crippen LogP contribution in [-0.4, -0.2) is 35.7 Å². The summed E-state index contributed by atoms with van der Waals surface area (Å²) in [7, 11) is 0. The Kier molecular flexibility index (Phi) is 6.71. The minimum absolute atomic E-state index is 0.194. The van der Waals surface area contributed by atoms with Crippen LogP contribution in [0, 0.1) is 11.8 Å². The maximum absolute atomic E-state index is 12.0. The second-order valence-corrected chi connectivity index (χ2v) is 8.06. The molecule has 0 saturated carbocycles. The number of nitrogen functional groups attached to an aromatic ring is 1. The molecule has 7 heteroatoms. The Morgan fingerprint density at radius 1 is 1.43 bits per heavy atom. The Morgan fingerprint density at radius 3 is 2.70 bits per heavy atom. The van der Waals surface area contributed by atoms with Gasteiger partial charge in [-0.2, -0.15) is 0 Å². The lowest BCUT2D eigenvalue weighted by molar-refractivity contribution is 0.0790. The van der Waals surface area contributed by atoms with E-state index in [4.69, 9.17) is 10.5 Å². The molecule has 0 atom stereocenters. The Labute approximate surface area is 154 Å². The third-order valence-corrected chi connectivity index (χ3v) is 5.01. The molecule has 0 aliphatic carbocycles. The number of ether oxygens (including phenoxy) is 1. The number of carbonyl (C=O) groups excluding carboxylic acids is 1. The highest BCUT2D eigenvalue weighted by Gasteiger charge is 2.25. The largest absolute Gasteiger partial charge is 0.449 e. The maximum atomic E-state index is 12.0. The van der Waals surface area contributed by atoms with E-state index in [2.05, 4.69) is 36.8 Å². The predicted octanol–water partition coefficient (Wildman–Crippen LogP) is 4.24. The average molecular weight is 449 g/mol. The van der Waals surface area contributed by atoms with Crippen LogP contribution >= 0.6 is 31.9 Å². The van der Waals surface area contributed by atoms with Crippen molar-refractivity contribution in [2.24, 2.45) is 11.8 Å². The summed E-state index contributed by atoms with van der Waals surface area (Å²) in [5.41, 5.74) is 7.71. The van der Waals surface area contributed by atoms with Gasteiger partial charge in [-0.25, -0.2) is 9.78 Å². The van der Waals surface area contributed by atoms with Crippen LogP contribution in [0.4, 0.5) is 10.5 Å². The van der Waals surface area contributed by atoms with E-state index in [9.17, 15) is 4.79 Å². The quantitative estimate of drug-likeness (QED) is 0.699. The van der Waals surface area contributed by atoms with Crippen LogP contribution in [0.3, 0.4) is 0 Å². The third-order valence-electron chi connectivity index (χ3n) is 3.95. The molecule has 1 aromatic heterocycles. The number of pyridine rings is 1. The third kappa shape index (κ3) is 5.35. The summed E-state index contributed by atoms with van der Waals surface area (Å²) in [6.45, 7) is 6.01. The predicted molar refractivity (Wildman–Crippen MR) is 98.2 cm³/mol. The highest BCUT2D eigenvalue weighted by Crippen LogP contribution is 2.29. The zero-order valence-electron chi connectivity index (χ0n) is 13.5. The van der Waals surface area contributed by atoms with E-state index < -0.39 is 0 Å². The fourth-order valence-corrected chi connectivity index (χ4v) is 3.82. The highest BCUT2D eigenvalue weighted by atomic mass is 79.9. The second-order valence-electron chi connectivity index (χ2n) is 6.39. The van der Waals surface area contributed by atoms with Crippen molar-refractivity contribution in [3.8, 4) is 0 Å². The number of hydrogen-bond donors (Lipinski definition) is 1. The summed E-state index contributed by atoms with van der Waals surface area (Å²) < 4.78 is 6.93. The van der Waals surface area contributed by atoms with Crippen LogP contribution in [0.25, 0.3) is 0 Å². The number of aromatic nitrogens is 1. The van der Waals surface area contributed by atoms with Crippen LogP contribution < -0.4 is 5.73 Å². The fourth-order valence-electron chi connectivity index (χ4n) is 2.62. The fraction of sp³-hybridized carbons (Fsp3) is 0.625. The lowest BCUT2D eigenvalue weighted by Gasteiger charge is -2.31. The van der Waals surface area contributed by atoms with Gasteiger partial charge in [0.1, 0.15) is 4.60 Å². The summed E-state index contributed by atoms with van der Waals surface area (Å²) in [6, 6.07) is 1.85. The van der Waals surface area contributed by atoms with Gasteiger partial charge < -0.3 is 15.4 Å². The van der Waals surface area contributed by atoms with Gasteiger partial charge in [-0.1, -0.05) is 13.8 Å². The Hall–Kier alpha value is -0.820. The molecule has 5 nitrogen and oxygen atoms in total. The first-order valence-corrected chi connectivity index (χ1v) is 9.47. The minimum Gasteiger partial charge on any atom is -0.449 e. The average Bonchev–Trinajstić information content (AvgIpc) is 2.50. The van der Waals surface area contributed by atoms with Crippen molar-refractivity contribution in [2.75, 3.05) is 25.4 Å². The van der Waals surface area contributed by atoms with Crippen LogP contribution in [0.2, 0.25) is 0 Å². The van der Waals surface area contributed by atoms with Crippen LogP contribution in [0.1, 0.15) is 32.4 Å². The number of anilines is 1. The Bertz CT molecular complexity index is 559. The number of nitrogens with two attached hydrogens (primary N) is 1. The monoisotopic (exact) mass is 447 g/mol. The maximum Gasteiger partial charge on any atom is 0.409 e. The van der Waals surface area contributed by atoms with Crippen molar-refractivity contribution in [1.29, 1.82) is 0 Å². The summed E-state index contributed by atoms with van der Waals surface area (Å²) in [5, 5.41) is 0. The van der Waals surface area contributed by atoms with E-state index in [1.807, 2.05) is 19.9 Å². The second kappa shape index (κ2) is 8.33. The number of carbonyl (C=O) groups is 1. The number of nitrogens with zero attached hydrogens (tertiary/aromatic N) is 2. The standard InChI is InChI=1S/C16H23Br2N3O2/c1-10(2)9-23-16(22)21-5-3-11(4-6-21)7-13-15(19)12(17)8-14(18)20-13/h8,10-11H,3-7,9,19H2,1-2H3. The number of amides is 1. The number of piperidine rings is 1. The normalized spacial score (nSPS) is 16.0. The van der Waals surface area contributed by atoms with E-state index in [0.717, 1.165) is 47.1 Å². The highest BCUT2D eigenvalue weighted by molar-refractivity contribution is 9.11. The molecule has 1 aliphatic rings. The van der Waals surface area contributed by atoms with Crippen LogP contribution in [0.15, 0.2) is 15.1 Å². The lowest BCUT2D eigenvalue weighted by atomic mass is 9.92. The number of likely N-dealkylation sites (tertiary alicyclic amines) is 1. The van der Waals surface area contributed by atoms with Gasteiger partial charge in [0.2, 0.25) is 0 Å². The number of hydrogen-bond acceptors (Lipinski definition) is 4. The lowest BCUT2D eigenvalue weighted by Crippen LogP contribution is -2.39. The molecule has 2 rings (SSSR count). The van der Waals surface area contributed by atoms with Gasteiger partial charge in [-0.15, -0.1) is 0 Å². The van der Waals surface area contributed by atoms with E-state index in [0.29, 0.717) is 24.1 Å². The van der Waals surface area contributed by atoms with E-state index in [1.165, 1.54) is 0 Å². The smallest absolute Gasteiger partial charge is 0.409 e. The molecule has 0 bridgehead atoms. The molecule has 23 heavy (non-hydrogen) atoms. The topological polar surface area (TPSA) is 68.5 Å². The van der Waals surface area contributed by atoms with E-state index in [1.54, 1.807) is 4.90 Å². The molecule has 2 heterocycles. The van der Waals surface area contributed by atoms with Crippen molar-refractivity contribution in [1.82, 2.24) is 9.88 Å². The first kappa shape index (κ1) is 18.5. The molecule has 128 valence electrons. The van der Waals surface area contributed by atoms with Crippen LogP contribution in [-0.2, 0) is 11.2 Å². The van der Waals surface area contributed by atoms with Crippen molar-refractivity contribution < 1.29 is 9.53 Å². The molecule has 1 saturated heterocycles. The van der Waals surface area contributed by atoms with Gasteiger partial charge in [-0.3, -0.25) is 0 Å². The SMILES string of the molecule is CC(C)COC(=O)N1CCC(Cc2nc(Br)cc(Br)c2N)CC1. The van der Waals surface area contributed by atoms with E-state index >= 15 is 0 Å². The molecule has 2 N–H and O–H groups in total. The first-order chi connectivity index (χ1) is 10.9. The van der Waals surface area contributed by atoms with Crippen molar-refractivity contribution in [2.45, 2.75) is 33.1 Å². The molecule has 1 fully saturated rings. The molecule has 0 spiro atoms. The molecule has 1 aromatic rings. The van der Waals surface area contributed by atoms with Crippen molar-refractivity contribution in [3.05, 3.63) is 20.8 Å². The van der Waals surface area contributed by atoms with Gasteiger partial charge in [-0.05, 0) is 69.0 Å². The minimum atomic E-state index is -0.194.